The third-order valence-corrected chi connectivity index (χ3v) is 2.67. The minimum absolute atomic E-state index is 0.0792. The molecule has 6 heteroatoms. The fraction of sp³-hybridized carbons (Fsp3) is 0.786. The second kappa shape index (κ2) is 6.24. The smallest absolute Gasteiger partial charge is 0.411 e. The maximum absolute atomic E-state index is 12.1. The quantitative estimate of drug-likeness (QED) is 0.725. The van der Waals surface area contributed by atoms with Crippen molar-refractivity contribution in [3.8, 4) is 0 Å². The Bertz CT molecular complexity index is 397. The Kier molecular flexibility index (Phi) is 5.14. The second-order valence-corrected chi connectivity index (χ2v) is 6.19. The number of likely N-dealkylation sites (tertiary alicyclic amines) is 1. The number of amides is 1. The number of hydrogen-bond donors (Lipinski definition) is 0. The largest absolute Gasteiger partial charge is 0.461 e. The molecule has 1 saturated heterocycles. The van der Waals surface area contributed by atoms with Crippen LogP contribution in [0.4, 0.5) is 4.79 Å². The summed E-state index contributed by atoms with van der Waals surface area (Å²) in [6.45, 7) is 8.58. The lowest BCUT2D eigenvalue weighted by Crippen LogP contribution is -2.53. The van der Waals surface area contributed by atoms with Crippen LogP contribution in [0.2, 0.25) is 0 Å². The molecule has 1 amide bonds. The number of ether oxygens (including phenoxy) is 2. The van der Waals surface area contributed by atoms with Crippen LogP contribution in [0.15, 0.2) is 0 Å². The molecule has 1 fully saturated rings. The van der Waals surface area contributed by atoms with E-state index in [1.165, 1.54) is 4.90 Å². The van der Waals surface area contributed by atoms with Gasteiger partial charge in [-0.2, -0.15) is 0 Å². The molecule has 1 heterocycles. The lowest BCUT2D eigenvalue weighted by molar-refractivity contribution is -0.155. The van der Waals surface area contributed by atoms with Crippen LogP contribution in [0.1, 0.15) is 47.5 Å². The first-order chi connectivity index (χ1) is 9.10. The summed E-state index contributed by atoms with van der Waals surface area (Å²) in [4.78, 5) is 36.8. The normalized spacial score (nSPS) is 20.0. The number of piperidine rings is 1. The second-order valence-electron chi connectivity index (χ2n) is 6.19. The highest BCUT2D eigenvalue weighted by Crippen LogP contribution is 2.20. The van der Waals surface area contributed by atoms with E-state index in [2.05, 4.69) is 0 Å². The van der Waals surface area contributed by atoms with Crippen molar-refractivity contribution in [2.24, 2.45) is 0 Å². The topological polar surface area (TPSA) is 72.9 Å². The average Bonchev–Trinajstić information content (AvgIpc) is 2.25. The van der Waals surface area contributed by atoms with Gasteiger partial charge in [-0.1, -0.05) is 0 Å². The number of carbonyl (C=O) groups is 3. The van der Waals surface area contributed by atoms with Gasteiger partial charge in [0.25, 0.3) is 0 Å². The number of nitrogens with zero attached hydrogens (tertiary/aromatic N) is 1. The molecule has 0 aromatic heterocycles. The predicted octanol–water partition coefficient (Wildman–Crippen LogP) is 1.91. The van der Waals surface area contributed by atoms with Gasteiger partial charge in [0, 0.05) is 6.42 Å². The van der Waals surface area contributed by atoms with Gasteiger partial charge in [0.1, 0.15) is 11.6 Å². The van der Waals surface area contributed by atoms with Gasteiger partial charge in [0.05, 0.1) is 12.6 Å². The van der Waals surface area contributed by atoms with E-state index in [-0.39, 0.29) is 31.3 Å². The van der Waals surface area contributed by atoms with E-state index in [4.69, 9.17) is 9.47 Å². The third kappa shape index (κ3) is 4.83. The van der Waals surface area contributed by atoms with E-state index in [9.17, 15) is 14.4 Å². The van der Waals surface area contributed by atoms with Crippen LogP contribution in [0.3, 0.4) is 0 Å². The minimum Gasteiger partial charge on any atom is -0.461 e. The zero-order valence-electron chi connectivity index (χ0n) is 12.8. The third-order valence-electron chi connectivity index (χ3n) is 2.67. The molecule has 0 spiro atoms. The summed E-state index contributed by atoms with van der Waals surface area (Å²) >= 11 is 0. The van der Waals surface area contributed by atoms with Gasteiger partial charge in [-0.15, -0.1) is 0 Å². The Morgan fingerprint density at radius 2 is 1.90 bits per heavy atom. The number of hydrogen-bond acceptors (Lipinski definition) is 5. The zero-order chi connectivity index (χ0) is 15.5. The van der Waals surface area contributed by atoms with Gasteiger partial charge >= 0.3 is 12.1 Å². The monoisotopic (exact) mass is 285 g/mol. The van der Waals surface area contributed by atoms with Crippen LogP contribution in [-0.2, 0) is 19.1 Å². The Hall–Kier alpha value is -1.59. The van der Waals surface area contributed by atoms with Crippen molar-refractivity contribution >= 4 is 17.8 Å². The van der Waals surface area contributed by atoms with Crippen LogP contribution < -0.4 is 0 Å². The van der Waals surface area contributed by atoms with Gasteiger partial charge in [-0.3, -0.25) is 9.69 Å². The lowest BCUT2D eigenvalue weighted by atomic mass is 10.0. The molecular weight excluding hydrogens is 262 g/mol. The zero-order valence-corrected chi connectivity index (χ0v) is 12.8. The molecule has 1 rings (SSSR count). The van der Waals surface area contributed by atoms with Crippen LogP contribution in [0.25, 0.3) is 0 Å². The highest BCUT2D eigenvalue weighted by Gasteiger charge is 2.38. The summed E-state index contributed by atoms with van der Waals surface area (Å²) in [6.07, 6.45) is -0.363. The summed E-state index contributed by atoms with van der Waals surface area (Å²) in [5.41, 5.74) is -0.677. The Morgan fingerprint density at radius 3 is 2.40 bits per heavy atom. The van der Waals surface area contributed by atoms with Gasteiger partial charge in [-0.25, -0.2) is 9.59 Å². The van der Waals surface area contributed by atoms with Crippen LogP contribution >= 0.6 is 0 Å². The minimum atomic E-state index is -0.745. The fourth-order valence-electron chi connectivity index (χ4n) is 1.90. The highest BCUT2D eigenvalue weighted by atomic mass is 16.6. The first-order valence-electron chi connectivity index (χ1n) is 6.82. The van der Waals surface area contributed by atoms with Crippen molar-refractivity contribution in [2.75, 3.05) is 6.54 Å². The highest BCUT2D eigenvalue weighted by molar-refractivity contribution is 5.90. The summed E-state index contributed by atoms with van der Waals surface area (Å²) in [5.74, 6) is -0.567. The maximum atomic E-state index is 12.1. The summed E-state index contributed by atoms with van der Waals surface area (Å²) in [6, 6.07) is -0.745. The number of carbonyl (C=O) groups excluding carboxylic acids is 3. The van der Waals surface area contributed by atoms with Gasteiger partial charge in [0.2, 0.25) is 0 Å². The molecule has 0 aromatic rings. The standard InChI is InChI=1S/C14H23NO5/c1-9(2)19-12(17)11-7-6-10(16)8-15(11)13(18)20-14(3,4)5/h9,11H,6-8H2,1-5H3. The molecule has 0 radical (unpaired) electrons. The maximum Gasteiger partial charge on any atom is 0.411 e. The van der Waals surface area contributed by atoms with Crippen molar-refractivity contribution in [2.45, 2.75) is 65.2 Å². The lowest BCUT2D eigenvalue weighted by Gasteiger charge is -2.34. The molecule has 0 saturated carbocycles. The van der Waals surface area contributed by atoms with E-state index in [1.54, 1.807) is 34.6 Å². The molecule has 1 atom stereocenters. The molecule has 1 aliphatic rings. The fourth-order valence-corrected chi connectivity index (χ4v) is 1.90. The predicted molar refractivity (Wildman–Crippen MR) is 72.2 cm³/mol. The van der Waals surface area contributed by atoms with Crippen LogP contribution in [-0.4, -0.2) is 47.0 Å². The SMILES string of the molecule is CC(C)OC(=O)C1CCC(=O)CN1C(=O)OC(C)(C)C. The molecule has 0 aliphatic carbocycles. The van der Waals surface area contributed by atoms with E-state index < -0.39 is 23.7 Å². The van der Waals surface area contributed by atoms with E-state index in [0.717, 1.165) is 0 Å². The molecule has 6 nitrogen and oxygen atoms in total. The summed E-state index contributed by atoms with van der Waals surface area (Å²) in [7, 11) is 0. The van der Waals surface area contributed by atoms with Crippen molar-refractivity contribution in [1.29, 1.82) is 0 Å². The Labute approximate surface area is 119 Å². The van der Waals surface area contributed by atoms with Crippen molar-refractivity contribution in [3.05, 3.63) is 0 Å². The van der Waals surface area contributed by atoms with E-state index in [0.29, 0.717) is 0 Å². The van der Waals surface area contributed by atoms with Crippen molar-refractivity contribution in [1.82, 2.24) is 4.90 Å². The Morgan fingerprint density at radius 1 is 1.30 bits per heavy atom. The van der Waals surface area contributed by atoms with E-state index >= 15 is 0 Å². The van der Waals surface area contributed by atoms with Crippen molar-refractivity contribution < 1.29 is 23.9 Å². The van der Waals surface area contributed by atoms with Crippen LogP contribution in [0, 0.1) is 0 Å². The molecule has 114 valence electrons. The van der Waals surface area contributed by atoms with Gasteiger partial charge in [-0.05, 0) is 41.0 Å². The Balaban J connectivity index is 2.82. The van der Waals surface area contributed by atoms with Crippen molar-refractivity contribution in [3.63, 3.8) is 0 Å². The molecule has 1 aliphatic heterocycles. The molecule has 0 bridgehead atoms. The first-order valence-corrected chi connectivity index (χ1v) is 6.82. The molecule has 0 N–H and O–H groups in total. The molecule has 1 unspecified atom stereocenters. The van der Waals surface area contributed by atoms with E-state index in [1.807, 2.05) is 0 Å². The first kappa shape index (κ1) is 16.5. The molecule has 0 aromatic carbocycles. The average molecular weight is 285 g/mol. The van der Waals surface area contributed by atoms with Gasteiger partial charge in [0.15, 0.2) is 5.78 Å². The number of Topliss-reactive ketones (excluding diaryl/α,β-unsaturated/α-hetero) is 1. The van der Waals surface area contributed by atoms with Crippen LogP contribution in [0.5, 0.6) is 0 Å². The molecule has 20 heavy (non-hydrogen) atoms. The summed E-state index contributed by atoms with van der Waals surface area (Å²) < 4.78 is 10.4. The molecular formula is C14H23NO5. The summed E-state index contributed by atoms with van der Waals surface area (Å²) in [5, 5.41) is 0. The number of ketones is 1. The number of rotatable bonds is 2. The van der Waals surface area contributed by atoms with Gasteiger partial charge < -0.3 is 9.47 Å². The number of esters is 1.